The molecule has 0 aliphatic carbocycles. The first-order chi connectivity index (χ1) is 9.78. The normalized spacial score (nSPS) is 14.1. The Labute approximate surface area is 127 Å². The molecule has 1 N–H and O–H groups in total. The monoisotopic (exact) mass is 332 g/mol. The lowest BCUT2D eigenvalue weighted by atomic mass is 10.0. The van der Waals surface area contributed by atoms with Crippen molar-refractivity contribution in [2.24, 2.45) is 0 Å². The summed E-state index contributed by atoms with van der Waals surface area (Å²) in [5, 5.41) is 3.39. The molecule has 2 aromatic rings. The second-order valence-corrected chi connectivity index (χ2v) is 5.90. The van der Waals surface area contributed by atoms with Crippen molar-refractivity contribution < 1.29 is 0 Å². The van der Waals surface area contributed by atoms with Crippen molar-refractivity contribution in [2.75, 3.05) is 6.54 Å². The minimum Gasteiger partial charge on any atom is -0.311 e. The van der Waals surface area contributed by atoms with Crippen molar-refractivity contribution in [3.63, 3.8) is 0 Å². The van der Waals surface area contributed by atoms with Gasteiger partial charge in [-0.1, -0.05) is 13.3 Å². The third-order valence-electron chi connectivity index (χ3n) is 3.47. The second kappa shape index (κ2) is 5.97. The van der Waals surface area contributed by atoms with Gasteiger partial charge in [0.2, 0.25) is 0 Å². The van der Waals surface area contributed by atoms with Gasteiger partial charge in [-0.25, -0.2) is 9.97 Å². The fourth-order valence-corrected chi connectivity index (χ4v) is 2.91. The number of nitrogens with zero attached hydrogens (tertiary/aromatic N) is 3. The zero-order chi connectivity index (χ0) is 13.9. The summed E-state index contributed by atoms with van der Waals surface area (Å²) < 4.78 is 0.950. The summed E-state index contributed by atoms with van der Waals surface area (Å²) in [4.78, 5) is 13.7. The Hall–Kier alpha value is -1.33. The third kappa shape index (κ3) is 2.74. The van der Waals surface area contributed by atoms with Crippen LogP contribution in [0.2, 0.25) is 0 Å². The van der Waals surface area contributed by atoms with E-state index in [1.54, 1.807) is 6.20 Å². The Morgan fingerprint density at radius 1 is 1.30 bits per heavy atom. The van der Waals surface area contributed by atoms with Gasteiger partial charge in [-0.2, -0.15) is 0 Å². The SMILES string of the molecule is CCCc1nc(-c2cncc(Br)c2)nc2c1CCNC2. The van der Waals surface area contributed by atoms with Crippen molar-refractivity contribution >= 4 is 15.9 Å². The number of aromatic nitrogens is 3. The summed E-state index contributed by atoms with van der Waals surface area (Å²) >= 11 is 3.45. The molecule has 1 aliphatic heterocycles. The number of aryl methyl sites for hydroxylation is 1. The van der Waals surface area contributed by atoms with E-state index in [-0.39, 0.29) is 0 Å². The van der Waals surface area contributed by atoms with Crippen LogP contribution >= 0.6 is 15.9 Å². The van der Waals surface area contributed by atoms with Crippen molar-refractivity contribution in [1.82, 2.24) is 20.3 Å². The molecule has 0 radical (unpaired) electrons. The van der Waals surface area contributed by atoms with E-state index in [9.17, 15) is 0 Å². The second-order valence-electron chi connectivity index (χ2n) is 4.99. The Balaban J connectivity index is 2.10. The lowest BCUT2D eigenvalue weighted by molar-refractivity contribution is 0.614. The van der Waals surface area contributed by atoms with Gasteiger partial charge in [0.15, 0.2) is 5.82 Å². The molecule has 4 nitrogen and oxygen atoms in total. The van der Waals surface area contributed by atoms with E-state index in [1.165, 1.54) is 11.3 Å². The van der Waals surface area contributed by atoms with Crippen LogP contribution in [0.4, 0.5) is 0 Å². The van der Waals surface area contributed by atoms with E-state index in [0.29, 0.717) is 0 Å². The Kier molecular flexibility index (Phi) is 4.08. The molecule has 1 aliphatic rings. The molecule has 0 bridgehead atoms. The van der Waals surface area contributed by atoms with Crippen LogP contribution in [-0.4, -0.2) is 21.5 Å². The average molecular weight is 333 g/mol. The Morgan fingerprint density at radius 2 is 2.20 bits per heavy atom. The highest BCUT2D eigenvalue weighted by atomic mass is 79.9. The number of halogens is 1. The predicted octanol–water partition coefficient (Wildman–Crippen LogP) is 2.90. The number of pyridine rings is 1. The van der Waals surface area contributed by atoms with E-state index < -0.39 is 0 Å². The largest absolute Gasteiger partial charge is 0.311 e. The van der Waals surface area contributed by atoms with Gasteiger partial charge < -0.3 is 5.32 Å². The van der Waals surface area contributed by atoms with Crippen LogP contribution in [0.3, 0.4) is 0 Å². The summed E-state index contributed by atoms with van der Waals surface area (Å²) in [6.07, 6.45) is 6.74. The van der Waals surface area contributed by atoms with Gasteiger partial charge in [0.25, 0.3) is 0 Å². The van der Waals surface area contributed by atoms with Crippen LogP contribution in [0.15, 0.2) is 22.9 Å². The molecule has 0 spiro atoms. The van der Waals surface area contributed by atoms with E-state index in [2.05, 4.69) is 33.2 Å². The first-order valence-electron chi connectivity index (χ1n) is 6.98. The number of rotatable bonds is 3. The lowest BCUT2D eigenvalue weighted by Gasteiger charge is -2.20. The van der Waals surface area contributed by atoms with Gasteiger partial charge in [0.1, 0.15) is 0 Å². The van der Waals surface area contributed by atoms with Crippen molar-refractivity contribution in [2.45, 2.75) is 32.7 Å². The van der Waals surface area contributed by atoms with Gasteiger partial charge in [-0.05, 0) is 46.9 Å². The zero-order valence-corrected chi connectivity index (χ0v) is 13.1. The maximum atomic E-state index is 4.79. The highest BCUT2D eigenvalue weighted by Gasteiger charge is 2.17. The van der Waals surface area contributed by atoms with Gasteiger partial charge in [0, 0.05) is 34.7 Å². The van der Waals surface area contributed by atoms with Crippen LogP contribution < -0.4 is 5.32 Å². The Bertz CT molecular complexity index is 627. The molecule has 0 saturated heterocycles. The summed E-state index contributed by atoms with van der Waals surface area (Å²) in [5.74, 6) is 0.782. The number of hydrogen-bond acceptors (Lipinski definition) is 4. The van der Waals surface area contributed by atoms with Crippen LogP contribution in [0.5, 0.6) is 0 Å². The average Bonchev–Trinajstić information content (AvgIpc) is 2.47. The van der Waals surface area contributed by atoms with E-state index >= 15 is 0 Å². The number of nitrogens with one attached hydrogen (secondary N) is 1. The van der Waals surface area contributed by atoms with Crippen LogP contribution in [0.25, 0.3) is 11.4 Å². The molecule has 0 fully saturated rings. The summed E-state index contributed by atoms with van der Waals surface area (Å²) in [7, 11) is 0. The Morgan fingerprint density at radius 3 is 3.00 bits per heavy atom. The lowest BCUT2D eigenvalue weighted by Crippen LogP contribution is -2.26. The molecule has 0 atom stereocenters. The molecule has 20 heavy (non-hydrogen) atoms. The molecule has 5 heteroatoms. The van der Waals surface area contributed by atoms with Gasteiger partial charge >= 0.3 is 0 Å². The molecular formula is C15H17BrN4. The quantitative estimate of drug-likeness (QED) is 0.938. The molecule has 2 aromatic heterocycles. The van der Waals surface area contributed by atoms with Gasteiger partial charge in [-0.3, -0.25) is 4.98 Å². The highest BCUT2D eigenvalue weighted by Crippen LogP contribution is 2.23. The van der Waals surface area contributed by atoms with E-state index in [0.717, 1.165) is 53.9 Å². The standard InChI is InChI=1S/C15H17BrN4/c1-2-3-13-12-4-5-17-9-14(12)20-15(19-13)10-6-11(16)8-18-7-10/h6-8,17H,2-5,9H2,1H3. The highest BCUT2D eigenvalue weighted by molar-refractivity contribution is 9.10. The smallest absolute Gasteiger partial charge is 0.161 e. The number of hydrogen-bond donors (Lipinski definition) is 1. The molecule has 0 unspecified atom stereocenters. The topological polar surface area (TPSA) is 50.7 Å². The molecule has 0 amide bonds. The zero-order valence-electron chi connectivity index (χ0n) is 11.5. The van der Waals surface area contributed by atoms with Crippen LogP contribution in [0.1, 0.15) is 30.3 Å². The minimum absolute atomic E-state index is 0.782. The summed E-state index contributed by atoms with van der Waals surface area (Å²) in [6.45, 7) is 4.05. The molecule has 0 aromatic carbocycles. The predicted molar refractivity (Wildman–Crippen MR) is 82.4 cm³/mol. The molecular weight excluding hydrogens is 316 g/mol. The van der Waals surface area contributed by atoms with E-state index in [4.69, 9.17) is 9.97 Å². The molecule has 104 valence electrons. The fraction of sp³-hybridized carbons (Fsp3) is 0.400. The summed E-state index contributed by atoms with van der Waals surface area (Å²) in [5.41, 5.74) is 4.65. The van der Waals surface area contributed by atoms with Gasteiger partial charge in [-0.15, -0.1) is 0 Å². The fourth-order valence-electron chi connectivity index (χ4n) is 2.54. The molecule has 0 saturated carbocycles. The first kappa shape index (κ1) is 13.6. The molecule has 3 heterocycles. The van der Waals surface area contributed by atoms with Crippen LogP contribution in [-0.2, 0) is 19.4 Å². The third-order valence-corrected chi connectivity index (χ3v) is 3.91. The van der Waals surface area contributed by atoms with Gasteiger partial charge in [0.05, 0.1) is 5.69 Å². The van der Waals surface area contributed by atoms with Crippen molar-refractivity contribution in [1.29, 1.82) is 0 Å². The first-order valence-corrected chi connectivity index (χ1v) is 7.77. The van der Waals surface area contributed by atoms with Crippen molar-refractivity contribution in [3.8, 4) is 11.4 Å². The maximum Gasteiger partial charge on any atom is 0.161 e. The summed E-state index contributed by atoms with van der Waals surface area (Å²) in [6, 6.07) is 2.01. The minimum atomic E-state index is 0.782. The number of fused-ring (bicyclic) bond motifs is 1. The van der Waals surface area contributed by atoms with Crippen LogP contribution in [0, 0.1) is 0 Å². The van der Waals surface area contributed by atoms with Crippen molar-refractivity contribution in [3.05, 3.63) is 39.9 Å². The molecule has 3 rings (SSSR count). The maximum absolute atomic E-state index is 4.79. The van der Waals surface area contributed by atoms with E-state index in [1.807, 2.05) is 12.3 Å².